The fraction of sp³-hybridized carbons (Fsp3) is 0.409. The summed E-state index contributed by atoms with van der Waals surface area (Å²) in [6.45, 7) is 4.04. The van der Waals surface area contributed by atoms with E-state index in [0.717, 1.165) is 37.2 Å². The minimum atomic E-state index is -0.280. The van der Waals surface area contributed by atoms with Gasteiger partial charge in [0.15, 0.2) is 0 Å². The van der Waals surface area contributed by atoms with Gasteiger partial charge < -0.3 is 10.1 Å². The van der Waals surface area contributed by atoms with Crippen molar-refractivity contribution in [2.45, 2.75) is 32.4 Å². The Labute approximate surface area is 170 Å². The molecule has 4 nitrogen and oxygen atoms in total. The molecule has 6 heteroatoms. The number of hydrogen-bond donors (Lipinski definition) is 1. The second-order valence-corrected chi connectivity index (χ2v) is 7.69. The van der Waals surface area contributed by atoms with Crippen LogP contribution in [0, 0.1) is 11.7 Å². The van der Waals surface area contributed by atoms with E-state index in [1.807, 2.05) is 31.2 Å². The van der Waals surface area contributed by atoms with Crippen LogP contribution < -0.4 is 10.1 Å². The minimum absolute atomic E-state index is 0.0246. The summed E-state index contributed by atoms with van der Waals surface area (Å²) in [5.74, 6) is 0.535. The molecule has 1 atom stereocenters. The monoisotopic (exact) mass is 404 g/mol. The van der Waals surface area contributed by atoms with Gasteiger partial charge in [-0.1, -0.05) is 35.9 Å². The first-order valence-electron chi connectivity index (χ1n) is 9.57. The molecule has 1 amide bonds. The smallest absolute Gasteiger partial charge is 0.223 e. The highest BCUT2D eigenvalue weighted by Gasteiger charge is 2.26. The highest BCUT2D eigenvalue weighted by atomic mass is 35.5. The summed E-state index contributed by atoms with van der Waals surface area (Å²) >= 11 is 5.81. The van der Waals surface area contributed by atoms with Gasteiger partial charge in [-0.05, 0) is 51.1 Å². The van der Waals surface area contributed by atoms with Gasteiger partial charge >= 0.3 is 0 Å². The lowest BCUT2D eigenvalue weighted by atomic mass is 9.94. The van der Waals surface area contributed by atoms with Crippen LogP contribution in [0.3, 0.4) is 0 Å². The van der Waals surface area contributed by atoms with Gasteiger partial charge in [-0.15, -0.1) is 0 Å². The topological polar surface area (TPSA) is 41.6 Å². The van der Waals surface area contributed by atoms with E-state index in [1.165, 1.54) is 6.07 Å². The molecule has 0 aromatic heterocycles. The Kier molecular flexibility index (Phi) is 6.92. The maximum atomic E-state index is 14.0. The van der Waals surface area contributed by atoms with Crippen LogP contribution in [-0.2, 0) is 11.3 Å². The molecule has 150 valence electrons. The number of methoxy groups -OCH3 is 1. The second-order valence-electron chi connectivity index (χ2n) is 7.26. The van der Waals surface area contributed by atoms with Crippen LogP contribution in [0.5, 0.6) is 5.75 Å². The number of nitrogens with one attached hydrogen (secondary N) is 1. The highest BCUT2D eigenvalue weighted by Crippen LogP contribution is 2.26. The fourth-order valence-electron chi connectivity index (χ4n) is 3.68. The zero-order valence-electron chi connectivity index (χ0n) is 16.3. The van der Waals surface area contributed by atoms with E-state index in [2.05, 4.69) is 10.2 Å². The second kappa shape index (κ2) is 9.39. The number of carbonyl (C=O) groups is 1. The summed E-state index contributed by atoms with van der Waals surface area (Å²) in [6.07, 6.45) is 1.53. The number of ether oxygens (including phenoxy) is 1. The molecule has 1 aliphatic heterocycles. The van der Waals surface area contributed by atoms with Crippen molar-refractivity contribution in [3.63, 3.8) is 0 Å². The third-order valence-electron chi connectivity index (χ3n) is 5.33. The van der Waals surface area contributed by atoms with E-state index in [1.54, 1.807) is 19.2 Å². The first kappa shape index (κ1) is 20.6. The average Bonchev–Trinajstić information content (AvgIpc) is 2.70. The number of hydrogen-bond acceptors (Lipinski definition) is 3. The average molecular weight is 405 g/mol. The molecule has 1 heterocycles. The number of rotatable bonds is 6. The molecule has 0 radical (unpaired) electrons. The lowest BCUT2D eigenvalue weighted by Crippen LogP contribution is -2.41. The molecule has 2 aromatic rings. The van der Waals surface area contributed by atoms with E-state index in [0.29, 0.717) is 17.1 Å². The van der Waals surface area contributed by atoms with Gasteiger partial charge in [-0.25, -0.2) is 4.39 Å². The third-order valence-corrected chi connectivity index (χ3v) is 5.57. The molecule has 28 heavy (non-hydrogen) atoms. The quantitative estimate of drug-likeness (QED) is 0.766. The molecular weight excluding hydrogens is 379 g/mol. The fourth-order valence-corrected chi connectivity index (χ4v) is 3.84. The summed E-state index contributed by atoms with van der Waals surface area (Å²) in [5, 5.41) is 3.51. The first-order chi connectivity index (χ1) is 13.5. The number of benzene rings is 2. The predicted octanol–water partition coefficient (Wildman–Crippen LogP) is 4.58. The van der Waals surface area contributed by atoms with E-state index < -0.39 is 0 Å². The van der Waals surface area contributed by atoms with Crippen molar-refractivity contribution in [2.75, 3.05) is 20.2 Å². The minimum Gasteiger partial charge on any atom is -0.496 e. The zero-order valence-corrected chi connectivity index (χ0v) is 17.0. The first-order valence-corrected chi connectivity index (χ1v) is 9.95. The Bertz CT molecular complexity index is 822. The van der Waals surface area contributed by atoms with Crippen LogP contribution in [0.1, 0.15) is 36.9 Å². The summed E-state index contributed by atoms with van der Waals surface area (Å²) in [7, 11) is 1.63. The Morgan fingerprint density at radius 1 is 1.29 bits per heavy atom. The lowest BCUT2D eigenvalue weighted by molar-refractivity contribution is -0.127. The largest absolute Gasteiger partial charge is 0.496 e. The third kappa shape index (κ3) is 5.03. The van der Waals surface area contributed by atoms with Crippen molar-refractivity contribution < 1.29 is 13.9 Å². The summed E-state index contributed by atoms with van der Waals surface area (Å²) in [4.78, 5) is 14.9. The maximum Gasteiger partial charge on any atom is 0.223 e. The summed E-state index contributed by atoms with van der Waals surface area (Å²) < 4.78 is 19.4. The van der Waals surface area contributed by atoms with Crippen LogP contribution in [0.15, 0.2) is 42.5 Å². The Balaban J connectivity index is 1.52. The van der Waals surface area contributed by atoms with E-state index in [4.69, 9.17) is 16.3 Å². The van der Waals surface area contributed by atoms with Gasteiger partial charge in [-0.2, -0.15) is 0 Å². The molecular formula is C22H26ClFN2O2. The van der Waals surface area contributed by atoms with Crippen molar-refractivity contribution in [3.05, 3.63) is 64.4 Å². The van der Waals surface area contributed by atoms with Crippen molar-refractivity contribution >= 4 is 17.5 Å². The Hall–Kier alpha value is -2.11. The van der Waals surface area contributed by atoms with E-state index >= 15 is 0 Å². The zero-order chi connectivity index (χ0) is 20.1. The van der Waals surface area contributed by atoms with Gasteiger partial charge in [0.1, 0.15) is 11.6 Å². The summed E-state index contributed by atoms with van der Waals surface area (Å²) in [5.41, 5.74) is 1.60. The van der Waals surface area contributed by atoms with Gasteiger partial charge in [0, 0.05) is 28.6 Å². The standard InChI is InChI=1S/C22H26ClFN2O2/c1-15(19-5-3-4-6-21(19)28-2)25-22(27)16-9-11-26(12-10-16)14-17-7-8-18(23)13-20(17)24/h3-8,13,15-16H,9-12,14H2,1-2H3,(H,25,27)/t15-/m1/s1. The molecule has 0 aliphatic carbocycles. The molecule has 0 spiro atoms. The van der Waals surface area contributed by atoms with Crippen LogP contribution >= 0.6 is 11.6 Å². The van der Waals surface area contributed by atoms with Crippen LogP contribution in [0.4, 0.5) is 4.39 Å². The van der Waals surface area contributed by atoms with Crippen molar-refractivity contribution in [1.29, 1.82) is 0 Å². The summed E-state index contributed by atoms with van der Waals surface area (Å²) in [6, 6.07) is 12.4. The van der Waals surface area contributed by atoms with Crippen molar-refractivity contribution in [3.8, 4) is 5.75 Å². The highest BCUT2D eigenvalue weighted by molar-refractivity contribution is 6.30. The van der Waals surface area contributed by atoms with Crippen LogP contribution in [0.2, 0.25) is 5.02 Å². The lowest BCUT2D eigenvalue weighted by Gasteiger charge is -2.32. The van der Waals surface area contributed by atoms with Crippen LogP contribution in [-0.4, -0.2) is 31.0 Å². The number of amides is 1. The molecule has 0 unspecified atom stereocenters. The number of para-hydroxylation sites is 1. The van der Waals surface area contributed by atoms with E-state index in [-0.39, 0.29) is 23.7 Å². The number of halogens is 2. The molecule has 1 saturated heterocycles. The van der Waals surface area contributed by atoms with Gasteiger partial charge in [0.25, 0.3) is 0 Å². The molecule has 1 aliphatic rings. The van der Waals surface area contributed by atoms with Crippen molar-refractivity contribution in [1.82, 2.24) is 10.2 Å². The normalized spacial score (nSPS) is 16.6. The maximum absolute atomic E-state index is 14.0. The number of piperidine rings is 1. The molecule has 1 fully saturated rings. The predicted molar refractivity (Wildman–Crippen MR) is 109 cm³/mol. The van der Waals surface area contributed by atoms with E-state index in [9.17, 15) is 9.18 Å². The van der Waals surface area contributed by atoms with Crippen LogP contribution in [0.25, 0.3) is 0 Å². The molecule has 0 saturated carbocycles. The van der Waals surface area contributed by atoms with Crippen molar-refractivity contribution in [2.24, 2.45) is 5.92 Å². The number of likely N-dealkylation sites (tertiary alicyclic amines) is 1. The Morgan fingerprint density at radius 2 is 2.00 bits per heavy atom. The van der Waals surface area contributed by atoms with Gasteiger partial charge in [-0.3, -0.25) is 9.69 Å². The molecule has 0 bridgehead atoms. The molecule has 2 aromatic carbocycles. The SMILES string of the molecule is COc1ccccc1[C@@H](C)NC(=O)C1CCN(Cc2ccc(Cl)cc2F)CC1. The number of nitrogens with zero attached hydrogens (tertiary/aromatic N) is 1. The Morgan fingerprint density at radius 3 is 2.68 bits per heavy atom. The number of carbonyl (C=O) groups excluding carboxylic acids is 1. The molecule has 3 rings (SSSR count). The van der Waals surface area contributed by atoms with Gasteiger partial charge in [0.2, 0.25) is 5.91 Å². The van der Waals surface area contributed by atoms with Gasteiger partial charge in [0.05, 0.1) is 13.2 Å². The molecule has 1 N–H and O–H groups in total.